The number of fused-ring (bicyclic) bond motifs is 1. The number of rotatable bonds is 13. The van der Waals surface area contributed by atoms with Crippen molar-refractivity contribution in [2.45, 2.75) is 115 Å². The molecule has 1 N–H and O–H groups in total. The Bertz CT molecular complexity index is 2500. The van der Waals surface area contributed by atoms with E-state index in [9.17, 15) is 4.79 Å². The molecule has 1 heterocycles. The van der Waals surface area contributed by atoms with Crippen LogP contribution in [0.4, 0.5) is 0 Å². The van der Waals surface area contributed by atoms with Crippen molar-refractivity contribution in [1.29, 1.82) is 0 Å². The van der Waals surface area contributed by atoms with Crippen LogP contribution in [0.5, 0.6) is 0 Å². The Morgan fingerprint density at radius 1 is 0.464 bits per heavy atom. The average molecular weight is 1140 g/mol. The van der Waals surface area contributed by atoms with E-state index >= 15 is 0 Å². The zero-order chi connectivity index (χ0) is 48.8. The van der Waals surface area contributed by atoms with Crippen LogP contribution in [0, 0.1) is 18.2 Å². The van der Waals surface area contributed by atoms with Gasteiger partial charge in [0.25, 0.3) is 5.91 Å². The summed E-state index contributed by atoms with van der Waals surface area (Å²) in [6, 6.07) is 31.6. The van der Waals surface area contributed by atoms with Crippen LogP contribution in [-0.4, -0.2) is 5.91 Å². The maximum Gasteiger partial charge on any atom is 0.256 e. The molecule has 69 heavy (non-hydrogen) atoms. The van der Waals surface area contributed by atoms with Crippen LogP contribution in [0.2, 0.25) is 0 Å². The normalized spacial score (nSPS) is 10.1. The molecule has 1 amide bonds. The molecule has 3 radical (unpaired) electrons. The van der Waals surface area contributed by atoms with Gasteiger partial charge in [0.15, 0.2) is 0 Å². The van der Waals surface area contributed by atoms with Crippen LogP contribution >= 0.6 is 0 Å². The first-order chi connectivity index (χ1) is 30.9. The van der Waals surface area contributed by atoms with Crippen molar-refractivity contribution >= 4 is 33.9 Å². The first-order valence-electron chi connectivity index (χ1n) is 22.8. The zero-order valence-corrected chi connectivity index (χ0v) is 51.7. The number of amides is 1. The number of carbonyl (C=O) groups is 1. The van der Waals surface area contributed by atoms with E-state index in [1.807, 2.05) is 39.0 Å². The number of hydrogen-bond acceptors (Lipinski definition) is 1. The predicted molar refractivity (Wildman–Crippen MR) is 294 cm³/mol. The smallest absolute Gasteiger partial charge is 0.256 e. The van der Waals surface area contributed by atoms with Crippen LogP contribution in [0.3, 0.4) is 0 Å². The van der Waals surface area contributed by atoms with Gasteiger partial charge in [0.1, 0.15) is 0 Å². The first-order valence-corrected chi connectivity index (χ1v) is 22.8. The number of aryl methyl sites for hydroxylation is 6. The second kappa shape index (κ2) is 36.7. The molecule has 0 atom stereocenters. The SMILES string of the molecule is C.C=C(C)c1cc(CC)cc(CC)c1.C=C1NC(=O)c2ccc(CC)cc21.C=[C-]c1cc(CC)cc(C(=C)C)c1.C=[C-]c1ccc(C(=C)C)cc1CC.C=[C-]c1ccc(CC)cc1C(=C)C.[Y].[Y].[Y]. The van der Waals surface area contributed by atoms with Crippen molar-refractivity contribution in [2.75, 3.05) is 0 Å². The Kier molecular flexibility index (Phi) is 37.2. The Labute approximate surface area is 496 Å². The molecule has 5 heteroatoms. The minimum Gasteiger partial charge on any atom is -0.322 e. The second-order valence-corrected chi connectivity index (χ2v) is 16.3. The van der Waals surface area contributed by atoms with E-state index in [-0.39, 0.29) is 111 Å². The predicted octanol–water partition coefficient (Wildman–Crippen LogP) is 17.3. The number of nitrogens with one attached hydrogen (secondary N) is 1. The van der Waals surface area contributed by atoms with Gasteiger partial charge in [0.2, 0.25) is 0 Å². The van der Waals surface area contributed by atoms with Crippen LogP contribution in [0.15, 0.2) is 144 Å². The third-order valence-electron chi connectivity index (χ3n) is 11.1. The summed E-state index contributed by atoms with van der Waals surface area (Å²) in [7, 11) is 0. The van der Waals surface area contributed by atoms with Gasteiger partial charge < -0.3 is 5.32 Å². The topological polar surface area (TPSA) is 29.1 Å². The number of benzene rings is 5. The molecular formula is C64H78NOY3-3. The molecule has 0 saturated carbocycles. The van der Waals surface area contributed by atoms with Gasteiger partial charge in [-0.05, 0) is 92.8 Å². The average Bonchev–Trinajstić information content (AvgIpc) is 3.62. The molecule has 5 aromatic rings. The fourth-order valence-electron chi connectivity index (χ4n) is 6.84. The number of allylic oxidation sites excluding steroid dienone is 4. The number of carbonyl (C=O) groups excluding carboxylic acids is 1. The quantitative estimate of drug-likeness (QED) is 0.117. The molecule has 357 valence electrons. The van der Waals surface area contributed by atoms with Gasteiger partial charge in [0.05, 0.1) is 0 Å². The van der Waals surface area contributed by atoms with Crippen LogP contribution in [-0.2, 0) is 137 Å². The Morgan fingerprint density at radius 2 is 0.913 bits per heavy atom. The third kappa shape index (κ3) is 22.8. The molecule has 0 bridgehead atoms. The summed E-state index contributed by atoms with van der Waals surface area (Å²) in [5.41, 5.74) is 22.9. The summed E-state index contributed by atoms with van der Waals surface area (Å²) < 4.78 is 0. The van der Waals surface area contributed by atoms with E-state index in [2.05, 4.69) is 197 Å². The van der Waals surface area contributed by atoms with E-state index in [1.54, 1.807) is 0 Å². The molecule has 0 fully saturated rings. The molecule has 0 aromatic heterocycles. The molecular weight excluding hydrogens is 1070 g/mol. The molecule has 1 aliphatic rings. The standard InChI is InChI=1S/C13H18.3C13H15.C11H11NO.CH4.3Y/c2*1-5-11-7-12(6-2)9-13(8-11)10(3)4;1-5-11-7-8-13(10(3)4)9-12(11)6-2;1-5-11-7-8-12(6-2)13(9-11)10(3)4;1-3-8-4-5-9-10(6-8)7(2)12-11(9)13;;;;/h7-9H,3,5-6H2,1-2,4H3;2*7-9H,1,3,6H2,2,4H3;7-9H,2-3,5H2,1,4H3;4-6H,2-3H2,1H3,(H,12,13);1H4;;;/q;3*-1;;;;;. The maximum absolute atomic E-state index is 11.3. The monoisotopic (exact) mass is 1140 g/mol. The molecule has 5 aromatic carbocycles. The fraction of sp³-hybridized carbons (Fsp3) is 0.266. The van der Waals surface area contributed by atoms with Crippen LogP contribution in [0.25, 0.3) is 28.0 Å². The summed E-state index contributed by atoms with van der Waals surface area (Å²) in [5.74, 6) is -0.0392. The van der Waals surface area contributed by atoms with E-state index in [0.717, 1.165) is 99.9 Å². The molecule has 6 rings (SSSR count). The van der Waals surface area contributed by atoms with Gasteiger partial charge in [-0.2, -0.15) is 78.9 Å². The fourth-order valence-corrected chi connectivity index (χ4v) is 6.84. The van der Waals surface area contributed by atoms with E-state index in [1.165, 1.54) is 50.1 Å². The van der Waals surface area contributed by atoms with Gasteiger partial charge in [0, 0.05) is 115 Å². The zero-order valence-electron chi connectivity index (χ0n) is 43.2. The number of hydrogen-bond donors (Lipinski definition) is 1. The third-order valence-corrected chi connectivity index (χ3v) is 11.1. The van der Waals surface area contributed by atoms with Gasteiger partial charge in [-0.1, -0.05) is 147 Å². The Balaban J connectivity index is -0.000000778. The molecule has 0 spiro atoms. The summed E-state index contributed by atoms with van der Waals surface area (Å²) in [6.45, 7) is 51.5. The molecule has 0 aliphatic carbocycles. The van der Waals surface area contributed by atoms with E-state index < -0.39 is 0 Å². The van der Waals surface area contributed by atoms with Crippen LogP contribution < -0.4 is 5.32 Å². The second-order valence-electron chi connectivity index (χ2n) is 16.3. The largest absolute Gasteiger partial charge is 0.322 e. The van der Waals surface area contributed by atoms with Crippen LogP contribution in [0.1, 0.15) is 165 Å². The van der Waals surface area contributed by atoms with Gasteiger partial charge in [-0.15, -0.1) is 53.1 Å². The van der Waals surface area contributed by atoms with Crippen molar-refractivity contribution in [3.8, 4) is 0 Å². The van der Waals surface area contributed by atoms with Crippen molar-refractivity contribution in [3.05, 3.63) is 245 Å². The molecule has 1 aliphatic heterocycles. The van der Waals surface area contributed by atoms with Gasteiger partial charge in [-0.3, -0.25) is 4.79 Å². The molecule has 0 unspecified atom stereocenters. The minimum atomic E-state index is -0.0392. The van der Waals surface area contributed by atoms with E-state index in [0.29, 0.717) is 0 Å². The van der Waals surface area contributed by atoms with Crippen molar-refractivity contribution in [3.63, 3.8) is 0 Å². The van der Waals surface area contributed by atoms with Gasteiger partial charge >= 0.3 is 0 Å². The van der Waals surface area contributed by atoms with Crippen molar-refractivity contribution < 1.29 is 103 Å². The summed E-state index contributed by atoms with van der Waals surface area (Å²) in [6.07, 6.45) is 15.1. The maximum atomic E-state index is 11.3. The minimum absolute atomic E-state index is 0. The first kappa shape index (κ1) is 70.1. The summed E-state index contributed by atoms with van der Waals surface area (Å²) >= 11 is 0. The Morgan fingerprint density at radius 3 is 1.35 bits per heavy atom. The van der Waals surface area contributed by atoms with Crippen molar-refractivity contribution in [1.82, 2.24) is 5.32 Å². The Hall–Kier alpha value is -3.20. The van der Waals surface area contributed by atoms with E-state index in [4.69, 9.17) is 0 Å². The van der Waals surface area contributed by atoms with Gasteiger partial charge in [-0.25, -0.2) is 0 Å². The van der Waals surface area contributed by atoms with Crippen molar-refractivity contribution in [2.24, 2.45) is 0 Å². The summed E-state index contributed by atoms with van der Waals surface area (Å²) in [5, 5.41) is 2.70. The summed E-state index contributed by atoms with van der Waals surface area (Å²) in [4.78, 5) is 11.3. The molecule has 0 saturated heterocycles. The molecule has 2 nitrogen and oxygen atoms in total.